The Morgan fingerprint density at radius 1 is 0.515 bits per heavy atom. The van der Waals surface area contributed by atoms with E-state index < -0.39 is 35.3 Å². The number of hydrogen-bond donors (Lipinski definition) is 4. The van der Waals surface area contributed by atoms with E-state index in [1.807, 2.05) is 50.5 Å². The van der Waals surface area contributed by atoms with Gasteiger partial charge < -0.3 is 20.4 Å². The summed E-state index contributed by atoms with van der Waals surface area (Å²) in [6.45, 7) is 3.03. The molecular weight excluding hydrogens is 910 g/mol. The number of carbonyl (C=O) groups excluding carboxylic acids is 4. The molecule has 350 valence electrons. The van der Waals surface area contributed by atoms with Crippen molar-refractivity contribution in [1.29, 1.82) is 0 Å². The molecule has 0 aromatic heterocycles. The highest BCUT2D eigenvalue weighted by atomic mass is 35.5. The molecule has 4 amide bonds. The molecule has 0 spiro atoms. The van der Waals surface area contributed by atoms with Gasteiger partial charge in [-0.25, -0.2) is 19.6 Å². The maximum Gasteiger partial charge on any atom is 0.273 e. The molecule has 0 radical (unpaired) electrons. The van der Waals surface area contributed by atoms with Gasteiger partial charge in [-0.2, -0.15) is 10.2 Å². The number of benzene rings is 6. The van der Waals surface area contributed by atoms with E-state index in [1.54, 1.807) is 48.5 Å². The minimum absolute atomic E-state index is 0.113. The van der Waals surface area contributed by atoms with Crippen molar-refractivity contribution in [2.75, 3.05) is 37.8 Å². The molecule has 0 heterocycles. The number of hydrazone groups is 2. The molecule has 16 heteroatoms. The smallest absolute Gasteiger partial charge is 0.273 e. The number of anilines is 2. The van der Waals surface area contributed by atoms with Crippen molar-refractivity contribution in [3.05, 3.63) is 200 Å². The number of hydrogen-bond acceptors (Lipinski definition) is 8. The Kier molecular flexibility index (Phi) is 18.6. The van der Waals surface area contributed by atoms with E-state index in [9.17, 15) is 28.0 Å². The van der Waals surface area contributed by atoms with Gasteiger partial charge in [-0.15, -0.1) is 0 Å². The van der Waals surface area contributed by atoms with E-state index in [2.05, 4.69) is 41.5 Å². The standard InChI is InChI=1S/C52H50Cl2F2N8O4/c1-63(33-37-13-7-15-39(25-37)49(65)59-47-21-19-41(53)29-45(47)51(67)61-57-31-35-11-9-17-43(55)27-35)23-5-3-4-6-24-64(2)34-38-14-8-16-40(26-38)50(66)60-48-22-20-42(54)30-46(48)52(68)62-58-32-36-12-10-18-44(56)28-36/h7-22,25-32H,3-6,23-24,33-34H2,1-2H3,(H,59,65)(H,60,66)(H,61,67)(H,62,68)/b57-31+,58-32+. The third-order valence-electron chi connectivity index (χ3n) is 10.5. The van der Waals surface area contributed by atoms with Crippen LogP contribution in [0.4, 0.5) is 20.2 Å². The number of amides is 4. The van der Waals surface area contributed by atoms with Crippen LogP contribution < -0.4 is 21.5 Å². The zero-order valence-corrected chi connectivity index (χ0v) is 39.0. The van der Waals surface area contributed by atoms with Crippen molar-refractivity contribution < 1.29 is 28.0 Å². The van der Waals surface area contributed by atoms with E-state index in [4.69, 9.17) is 23.2 Å². The molecule has 6 rings (SSSR count). The molecule has 68 heavy (non-hydrogen) atoms. The van der Waals surface area contributed by atoms with Crippen LogP contribution in [-0.4, -0.2) is 73.0 Å². The van der Waals surface area contributed by atoms with Gasteiger partial charge in [-0.3, -0.25) is 19.2 Å². The van der Waals surface area contributed by atoms with E-state index in [0.29, 0.717) is 45.4 Å². The second-order valence-corrected chi connectivity index (χ2v) is 17.0. The Morgan fingerprint density at radius 2 is 0.926 bits per heavy atom. The Balaban J connectivity index is 0.907. The summed E-state index contributed by atoms with van der Waals surface area (Å²) in [6, 6.07) is 35.3. The molecule has 0 aliphatic heterocycles. The van der Waals surface area contributed by atoms with Crippen molar-refractivity contribution in [2.24, 2.45) is 10.2 Å². The predicted molar refractivity (Wildman–Crippen MR) is 266 cm³/mol. The Bertz CT molecular complexity index is 2620. The van der Waals surface area contributed by atoms with Crippen LogP contribution in [0.2, 0.25) is 10.0 Å². The summed E-state index contributed by atoms with van der Waals surface area (Å²) in [5.41, 5.74) is 9.26. The lowest BCUT2D eigenvalue weighted by Crippen LogP contribution is -2.22. The molecule has 0 fully saturated rings. The first kappa shape index (κ1) is 50.3. The summed E-state index contributed by atoms with van der Waals surface area (Å²) in [6.07, 6.45) is 6.73. The molecule has 6 aromatic carbocycles. The molecular formula is C52H50Cl2F2N8O4. The molecule has 0 saturated heterocycles. The number of halogens is 4. The quantitative estimate of drug-likeness (QED) is 0.0321. The van der Waals surface area contributed by atoms with Gasteiger partial charge in [0.1, 0.15) is 11.6 Å². The highest BCUT2D eigenvalue weighted by Gasteiger charge is 2.18. The first-order valence-electron chi connectivity index (χ1n) is 21.7. The van der Waals surface area contributed by atoms with Crippen LogP contribution in [0.25, 0.3) is 0 Å². The topological polar surface area (TPSA) is 148 Å². The van der Waals surface area contributed by atoms with Gasteiger partial charge >= 0.3 is 0 Å². The van der Waals surface area contributed by atoms with Gasteiger partial charge in [-0.05, 0) is 147 Å². The van der Waals surface area contributed by atoms with E-state index in [1.165, 1.54) is 61.0 Å². The van der Waals surface area contributed by atoms with Crippen molar-refractivity contribution in [1.82, 2.24) is 20.7 Å². The van der Waals surface area contributed by atoms with Gasteiger partial charge in [0.15, 0.2) is 0 Å². The van der Waals surface area contributed by atoms with E-state index in [-0.39, 0.29) is 22.5 Å². The lowest BCUT2D eigenvalue weighted by atomic mass is 10.1. The minimum Gasteiger partial charge on any atom is -0.321 e. The molecule has 12 nitrogen and oxygen atoms in total. The Morgan fingerprint density at radius 3 is 1.34 bits per heavy atom. The number of nitrogens with zero attached hydrogens (tertiary/aromatic N) is 4. The molecule has 0 atom stereocenters. The van der Waals surface area contributed by atoms with Crippen molar-refractivity contribution in [3.8, 4) is 0 Å². The molecule has 0 saturated carbocycles. The van der Waals surface area contributed by atoms with Gasteiger partial charge in [-0.1, -0.05) is 84.6 Å². The number of carbonyl (C=O) groups is 4. The summed E-state index contributed by atoms with van der Waals surface area (Å²) in [7, 11) is 4.09. The highest BCUT2D eigenvalue weighted by molar-refractivity contribution is 6.31. The predicted octanol–water partition coefficient (Wildman–Crippen LogP) is 10.4. The van der Waals surface area contributed by atoms with Gasteiger partial charge in [0.2, 0.25) is 0 Å². The van der Waals surface area contributed by atoms with Crippen LogP contribution in [0.15, 0.2) is 144 Å². The van der Waals surface area contributed by atoms with Crippen LogP contribution in [0.3, 0.4) is 0 Å². The fourth-order valence-corrected chi connectivity index (χ4v) is 7.51. The second kappa shape index (κ2) is 25.1. The zero-order valence-electron chi connectivity index (χ0n) is 37.4. The van der Waals surface area contributed by atoms with Crippen LogP contribution >= 0.6 is 23.2 Å². The van der Waals surface area contributed by atoms with E-state index >= 15 is 0 Å². The normalized spacial score (nSPS) is 11.4. The maximum absolute atomic E-state index is 13.5. The molecule has 4 N–H and O–H groups in total. The van der Waals surface area contributed by atoms with Crippen molar-refractivity contribution >= 4 is 70.6 Å². The molecule has 6 aromatic rings. The SMILES string of the molecule is CN(CCCCCCN(C)Cc1cccc(C(=O)Nc2ccc(Cl)cc2C(=O)N/N=C/c2cccc(F)c2)c1)Cc1cccc(C(=O)Nc2ccc(Cl)cc2C(=O)N/N=C/c2cccc(F)c2)c1. The molecule has 0 aliphatic carbocycles. The summed E-state index contributed by atoms with van der Waals surface area (Å²) >= 11 is 12.4. The fourth-order valence-electron chi connectivity index (χ4n) is 7.16. The fraction of sp³-hybridized carbons (Fsp3) is 0.192. The summed E-state index contributed by atoms with van der Waals surface area (Å²) in [5, 5.41) is 14.1. The highest BCUT2D eigenvalue weighted by Crippen LogP contribution is 2.24. The minimum atomic E-state index is -0.603. The van der Waals surface area contributed by atoms with Crippen LogP contribution in [-0.2, 0) is 13.1 Å². The number of unbranched alkanes of at least 4 members (excludes halogenated alkanes) is 3. The van der Waals surface area contributed by atoms with Crippen LogP contribution in [0.1, 0.15) is 89.4 Å². The van der Waals surface area contributed by atoms with Gasteiger partial charge in [0.05, 0.1) is 34.9 Å². The number of nitrogens with one attached hydrogen (secondary N) is 4. The van der Waals surface area contributed by atoms with Crippen molar-refractivity contribution in [2.45, 2.75) is 38.8 Å². The average molecular weight is 960 g/mol. The average Bonchev–Trinajstić information content (AvgIpc) is 3.31. The Hall–Kier alpha value is -7.10. The first-order chi connectivity index (χ1) is 32.8. The monoisotopic (exact) mass is 958 g/mol. The lowest BCUT2D eigenvalue weighted by Gasteiger charge is -2.18. The third kappa shape index (κ3) is 15.8. The summed E-state index contributed by atoms with van der Waals surface area (Å²) in [4.78, 5) is 57.2. The first-order valence-corrected chi connectivity index (χ1v) is 22.5. The molecule has 0 bridgehead atoms. The Labute approximate surface area is 404 Å². The van der Waals surface area contributed by atoms with Crippen molar-refractivity contribution in [3.63, 3.8) is 0 Å². The molecule has 0 aliphatic rings. The maximum atomic E-state index is 13.5. The van der Waals surface area contributed by atoms with Gasteiger partial charge in [0, 0.05) is 34.3 Å². The molecule has 0 unspecified atom stereocenters. The largest absolute Gasteiger partial charge is 0.321 e. The third-order valence-corrected chi connectivity index (χ3v) is 11.0. The number of rotatable bonds is 21. The zero-order chi connectivity index (χ0) is 48.4. The van der Waals surface area contributed by atoms with Crippen LogP contribution in [0, 0.1) is 11.6 Å². The lowest BCUT2D eigenvalue weighted by molar-refractivity contribution is 0.0947. The van der Waals surface area contributed by atoms with E-state index in [0.717, 1.165) is 49.9 Å². The second-order valence-electron chi connectivity index (χ2n) is 16.1. The van der Waals surface area contributed by atoms with Crippen LogP contribution in [0.5, 0.6) is 0 Å². The summed E-state index contributed by atoms with van der Waals surface area (Å²) < 4.78 is 27.0. The summed E-state index contributed by atoms with van der Waals surface area (Å²) in [5.74, 6) is -2.85. The van der Waals surface area contributed by atoms with Gasteiger partial charge in [0.25, 0.3) is 23.6 Å².